The molecule has 0 aliphatic rings. The summed E-state index contributed by atoms with van der Waals surface area (Å²) >= 11 is 0. The van der Waals surface area contributed by atoms with E-state index in [0.717, 1.165) is 19.3 Å². The lowest BCUT2D eigenvalue weighted by atomic mass is 10.1. The Kier molecular flexibility index (Phi) is 14.6. The number of hydrogen-bond acceptors (Lipinski definition) is 5. The van der Waals surface area contributed by atoms with Crippen LogP contribution >= 0.6 is 0 Å². The molecule has 0 atom stereocenters. The van der Waals surface area contributed by atoms with Crippen molar-refractivity contribution in [2.45, 2.75) is 84.5 Å². The Bertz CT molecular complexity index is 303. The lowest BCUT2D eigenvalue weighted by molar-refractivity contribution is -0.205. The molecule has 0 rings (SSSR count). The normalized spacial score (nSPS) is 11.9. The van der Waals surface area contributed by atoms with E-state index in [4.69, 9.17) is 0 Å². The Hall–Kier alpha value is -0.170. The summed E-state index contributed by atoms with van der Waals surface area (Å²) in [7, 11) is -3.98. The van der Waals surface area contributed by atoms with Gasteiger partial charge < -0.3 is 0 Å². The van der Waals surface area contributed by atoms with Crippen molar-refractivity contribution in [1.82, 2.24) is 0 Å². The second kappa shape index (κ2) is 14.8. The Morgan fingerprint density at radius 2 is 1.19 bits per heavy atom. The minimum absolute atomic E-state index is 0.159. The first-order valence-electron chi connectivity index (χ1n) is 8.32. The maximum absolute atomic E-state index is 11.1. The number of rotatable bonds is 16. The SMILES string of the molecule is CCCCCCCCCCCCCOS(=O)(=O)OOCC. The van der Waals surface area contributed by atoms with E-state index in [1.54, 1.807) is 6.92 Å². The predicted molar refractivity (Wildman–Crippen MR) is 84.0 cm³/mol. The Labute approximate surface area is 130 Å². The highest BCUT2D eigenvalue weighted by atomic mass is 32.3. The third kappa shape index (κ3) is 16.0. The van der Waals surface area contributed by atoms with Crippen LogP contribution in [0.15, 0.2) is 0 Å². The summed E-state index contributed by atoms with van der Waals surface area (Å²) in [5.41, 5.74) is 0. The van der Waals surface area contributed by atoms with Crippen molar-refractivity contribution in [3.63, 3.8) is 0 Å². The summed E-state index contributed by atoms with van der Waals surface area (Å²) in [6, 6.07) is 0. The molecule has 0 heterocycles. The standard InChI is InChI=1S/C15H32O5S/c1-3-5-6-7-8-9-10-11-12-13-14-15-19-21(16,17)20-18-4-2/h3-15H2,1-2H3. The van der Waals surface area contributed by atoms with Gasteiger partial charge in [-0.05, 0) is 13.3 Å². The van der Waals surface area contributed by atoms with Gasteiger partial charge in [-0.15, -0.1) is 0 Å². The molecule has 0 fully saturated rings. The van der Waals surface area contributed by atoms with Crippen LogP contribution in [-0.2, 0) is 23.8 Å². The molecular formula is C15H32O5S. The lowest BCUT2D eigenvalue weighted by Gasteiger charge is -2.04. The van der Waals surface area contributed by atoms with Crippen molar-refractivity contribution in [1.29, 1.82) is 0 Å². The van der Waals surface area contributed by atoms with Crippen molar-refractivity contribution in [2.24, 2.45) is 0 Å². The molecule has 0 saturated heterocycles. The lowest BCUT2D eigenvalue weighted by Crippen LogP contribution is -2.11. The molecule has 0 aromatic heterocycles. The van der Waals surface area contributed by atoms with Crippen LogP contribution < -0.4 is 0 Å². The number of unbranched alkanes of at least 4 members (excludes halogenated alkanes) is 10. The van der Waals surface area contributed by atoms with E-state index in [-0.39, 0.29) is 13.2 Å². The summed E-state index contributed by atoms with van der Waals surface area (Å²) < 4.78 is 31.0. The summed E-state index contributed by atoms with van der Waals surface area (Å²) in [6.45, 7) is 4.20. The van der Waals surface area contributed by atoms with Gasteiger partial charge in [0.15, 0.2) is 0 Å². The van der Waals surface area contributed by atoms with Gasteiger partial charge in [0.05, 0.1) is 13.2 Å². The second-order valence-corrected chi connectivity index (χ2v) is 6.43. The highest BCUT2D eigenvalue weighted by Crippen LogP contribution is 2.11. The van der Waals surface area contributed by atoms with E-state index in [1.807, 2.05) is 0 Å². The highest BCUT2D eigenvalue weighted by Gasteiger charge is 2.12. The van der Waals surface area contributed by atoms with Gasteiger partial charge in [0, 0.05) is 0 Å². The van der Waals surface area contributed by atoms with Gasteiger partial charge in [-0.25, -0.2) is 9.07 Å². The van der Waals surface area contributed by atoms with Crippen molar-refractivity contribution in [3.8, 4) is 0 Å². The minimum atomic E-state index is -3.98. The van der Waals surface area contributed by atoms with E-state index in [2.05, 4.69) is 20.3 Å². The largest absolute Gasteiger partial charge is 0.426 e. The average molecular weight is 324 g/mol. The van der Waals surface area contributed by atoms with E-state index in [1.165, 1.54) is 51.4 Å². The molecule has 0 saturated carbocycles. The maximum atomic E-state index is 11.1. The van der Waals surface area contributed by atoms with Crippen molar-refractivity contribution < 1.29 is 21.8 Å². The molecule has 0 aliphatic heterocycles. The number of hydrogen-bond donors (Lipinski definition) is 0. The Morgan fingerprint density at radius 1 is 0.714 bits per heavy atom. The zero-order valence-corrected chi connectivity index (χ0v) is 14.5. The first-order valence-corrected chi connectivity index (χ1v) is 9.66. The van der Waals surface area contributed by atoms with Gasteiger partial charge in [0.25, 0.3) is 0 Å². The predicted octanol–water partition coefficient (Wildman–Crippen LogP) is 4.53. The van der Waals surface area contributed by atoms with Gasteiger partial charge in [-0.3, -0.25) is 0 Å². The van der Waals surface area contributed by atoms with E-state index >= 15 is 0 Å². The van der Waals surface area contributed by atoms with Crippen molar-refractivity contribution >= 4 is 10.4 Å². The van der Waals surface area contributed by atoms with E-state index in [9.17, 15) is 8.42 Å². The summed E-state index contributed by atoms with van der Waals surface area (Å²) in [4.78, 5) is 4.34. The fourth-order valence-corrected chi connectivity index (χ4v) is 2.63. The monoisotopic (exact) mass is 324 g/mol. The molecule has 5 nitrogen and oxygen atoms in total. The zero-order valence-electron chi connectivity index (χ0n) is 13.6. The summed E-state index contributed by atoms with van der Waals surface area (Å²) in [5.74, 6) is 0. The molecule has 0 spiro atoms. The third-order valence-corrected chi connectivity index (χ3v) is 3.94. The summed E-state index contributed by atoms with van der Waals surface area (Å²) in [6.07, 6.45) is 13.4. The van der Waals surface area contributed by atoms with E-state index < -0.39 is 10.4 Å². The van der Waals surface area contributed by atoms with Gasteiger partial charge >= 0.3 is 10.4 Å². The molecule has 0 aromatic carbocycles. The van der Waals surface area contributed by atoms with Gasteiger partial charge in [-0.2, -0.15) is 8.42 Å². The molecule has 0 N–H and O–H groups in total. The Balaban J connectivity index is 3.22. The molecule has 0 unspecified atom stereocenters. The molecule has 0 aliphatic carbocycles. The fraction of sp³-hybridized carbons (Fsp3) is 1.00. The maximum Gasteiger partial charge on any atom is 0.426 e. The van der Waals surface area contributed by atoms with Gasteiger partial charge in [0.1, 0.15) is 0 Å². The topological polar surface area (TPSA) is 61.8 Å². The zero-order chi connectivity index (χ0) is 15.8. The molecule has 21 heavy (non-hydrogen) atoms. The fourth-order valence-electron chi connectivity index (χ4n) is 2.05. The molecule has 6 heteroatoms. The van der Waals surface area contributed by atoms with Crippen molar-refractivity contribution in [3.05, 3.63) is 0 Å². The van der Waals surface area contributed by atoms with Crippen LogP contribution in [0.1, 0.15) is 84.5 Å². The van der Waals surface area contributed by atoms with Crippen LogP contribution in [0.4, 0.5) is 0 Å². The first-order chi connectivity index (χ1) is 10.1. The smallest absolute Gasteiger partial charge is 0.246 e. The van der Waals surface area contributed by atoms with Crippen LogP contribution in [0.25, 0.3) is 0 Å². The van der Waals surface area contributed by atoms with Crippen LogP contribution in [0.5, 0.6) is 0 Å². The molecule has 0 radical (unpaired) electrons. The highest BCUT2D eigenvalue weighted by molar-refractivity contribution is 7.81. The quantitative estimate of drug-likeness (QED) is 0.237. The Morgan fingerprint density at radius 3 is 1.67 bits per heavy atom. The average Bonchev–Trinajstić information content (AvgIpc) is 2.46. The van der Waals surface area contributed by atoms with Gasteiger partial charge in [0.2, 0.25) is 0 Å². The third-order valence-electron chi connectivity index (χ3n) is 3.22. The molecule has 0 amide bonds. The minimum Gasteiger partial charge on any atom is -0.246 e. The van der Waals surface area contributed by atoms with Crippen LogP contribution in [0, 0.1) is 0 Å². The molecule has 0 bridgehead atoms. The first kappa shape index (κ1) is 20.8. The second-order valence-electron chi connectivity index (χ2n) is 5.24. The van der Waals surface area contributed by atoms with E-state index in [0.29, 0.717) is 0 Å². The molecule has 0 aromatic rings. The van der Waals surface area contributed by atoms with Crippen LogP contribution in [0.2, 0.25) is 0 Å². The van der Waals surface area contributed by atoms with Crippen molar-refractivity contribution in [2.75, 3.05) is 13.2 Å². The summed E-state index contributed by atoms with van der Waals surface area (Å²) in [5, 5.41) is 0. The molecular weight excluding hydrogens is 292 g/mol. The van der Waals surface area contributed by atoms with Gasteiger partial charge in [-0.1, -0.05) is 75.5 Å². The van der Waals surface area contributed by atoms with Crippen LogP contribution in [0.3, 0.4) is 0 Å². The van der Waals surface area contributed by atoms with Crippen LogP contribution in [-0.4, -0.2) is 21.6 Å². The molecule has 128 valence electrons.